The molecule has 8 heteroatoms. The molecule has 0 aliphatic carbocycles. The predicted molar refractivity (Wildman–Crippen MR) is 48.4 cm³/mol. The van der Waals surface area contributed by atoms with Gasteiger partial charge in [0.2, 0.25) is 0 Å². The third-order valence-electron chi connectivity index (χ3n) is 1.78. The van der Waals surface area contributed by atoms with E-state index in [1.54, 1.807) is 0 Å². The molecule has 0 radical (unpaired) electrons. The Morgan fingerprint density at radius 3 is 1.47 bits per heavy atom. The molecule has 0 saturated heterocycles. The lowest BCUT2D eigenvalue weighted by Gasteiger charge is -2.12. The van der Waals surface area contributed by atoms with Gasteiger partial charge in [0.05, 0.1) is 9.81 Å². The summed E-state index contributed by atoms with van der Waals surface area (Å²) in [5.74, 6) is 2.69. The second kappa shape index (κ2) is 4.28. The van der Waals surface area contributed by atoms with E-state index in [2.05, 4.69) is 0 Å². The quantitative estimate of drug-likeness (QED) is 0.522. The van der Waals surface area contributed by atoms with Gasteiger partial charge in [0.1, 0.15) is 0 Å². The number of hydrogen-bond donors (Lipinski definition) is 2. The van der Waals surface area contributed by atoms with Gasteiger partial charge in [-0.2, -0.15) is 11.7 Å². The molecule has 80 valence electrons. The maximum Gasteiger partial charge on any atom is 0.329 e. The highest BCUT2D eigenvalue weighted by Crippen LogP contribution is 2.31. The molecule has 8 nitrogen and oxygen atoms in total. The lowest BCUT2D eigenvalue weighted by molar-refractivity contribution is -0.776. The fraction of sp³-hybridized carbons (Fsp3) is 0.429. The van der Waals surface area contributed by atoms with Crippen LogP contribution < -0.4 is 0 Å². The van der Waals surface area contributed by atoms with Crippen molar-refractivity contribution in [3.8, 4) is 0 Å². The van der Waals surface area contributed by atoms with E-state index in [0.717, 1.165) is 13.8 Å². The topological polar surface area (TPSA) is 125 Å². The lowest BCUT2D eigenvalue weighted by Crippen LogP contribution is -2.29. The summed E-state index contributed by atoms with van der Waals surface area (Å²) < 4.78 is 0. The molecule has 0 aliphatic heterocycles. The van der Waals surface area contributed by atoms with E-state index in [1.807, 2.05) is 0 Å². The Balaban J connectivity index is 5.69. The average Bonchev–Trinajstić information content (AvgIpc) is 2.02. The van der Waals surface area contributed by atoms with Crippen LogP contribution in [0.5, 0.6) is 0 Å². The smallest absolute Gasteiger partial charge is 0.329 e. The van der Waals surface area contributed by atoms with E-state index in [-0.39, 0.29) is 0 Å². The van der Waals surface area contributed by atoms with Crippen molar-refractivity contribution in [2.75, 3.05) is 0 Å². The molecule has 0 heterocycles. The van der Waals surface area contributed by atoms with Gasteiger partial charge in [-0.15, -0.1) is 0 Å². The molecular formula is C7H8N4O4. The minimum atomic E-state index is -1.68. The van der Waals surface area contributed by atoms with Gasteiger partial charge in [-0.25, -0.2) is 10.4 Å². The molecule has 0 bridgehead atoms. The van der Waals surface area contributed by atoms with Crippen molar-refractivity contribution >= 4 is 11.7 Å². The Bertz CT molecular complexity index is 375. The van der Waals surface area contributed by atoms with Gasteiger partial charge in [-0.1, -0.05) is 0 Å². The van der Waals surface area contributed by atoms with Crippen LogP contribution in [0.2, 0.25) is 0 Å². The van der Waals surface area contributed by atoms with Gasteiger partial charge in [0.25, 0.3) is 9.85 Å². The molecule has 0 aromatic rings. The van der Waals surface area contributed by atoms with Crippen LogP contribution in [0.1, 0.15) is 13.8 Å². The van der Waals surface area contributed by atoms with Crippen LogP contribution in [0.4, 0.5) is 0 Å². The highest BCUT2D eigenvalue weighted by Gasteiger charge is 2.48. The van der Waals surface area contributed by atoms with Gasteiger partial charge in [-0.3, -0.25) is 0 Å². The predicted octanol–water partition coefficient (Wildman–Crippen LogP) is 0.595. The van der Waals surface area contributed by atoms with E-state index in [4.69, 9.17) is 21.2 Å². The van der Waals surface area contributed by atoms with Crippen LogP contribution in [0, 0.1) is 15.2 Å². The summed E-state index contributed by atoms with van der Waals surface area (Å²) in [7, 11) is 0. The van der Waals surface area contributed by atoms with Crippen molar-refractivity contribution < 1.29 is 20.3 Å². The van der Waals surface area contributed by atoms with Crippen LogP contribution in [-0.4, -0.2) is 32.0 Å². The normalized spacial score (nSPS) is 9.73. The Hall–Kier alpha value is -2.30. The fourth-order valence-corrected chi connectivity index (χ4v) is 0.955. The molecule has 0 rings (SSSR count). The zero-order valence-corrected chi connectivity index (χ0v) is 8.00. The molecule has 0 aliphatic rings. The summed E-state index contributed by atoms with van der Waals surface area (Å²) in [6.45, 7) is 2.32. The van der Waals surface area contributed by atoms with Crippen molar-refractivity contribution in [3.05, 3.63) is 32.0 Å². The van der Waals surface area contributed by atoms with Crippen LogP contribution in [0.3, 0.4) is 0 Å². The standard InChI is InChI=1S/C7H8N4O4/c1-7(2,5(3-8)10(12)13)6(4-9)11(14)15/h1-2H3,(H,12,13)(H,14,15). The molecular weight excluding hydrogens is 204 g/mol. The molecule has 0 atom stereocenters. The van der Waals surface area contributed by atoms with Crippen LogP contribution in [0.15, 0.2) is 11.4 Å². The van der Waals surface area contributed by atoms with E-state index >= 15 is 0 Å². The molecule has 2 N–H and O–H groups in total. The summed E-state index contributed by atoms with van der Waals surface area (Å²) in [4.78, 5) is 19.6. The summed E-state index contributed by atoms with van der Waals surface area (Å²) in [6.07, 6.45) is 0. The molecule has 0 saturated carbocycles. The molecule has 0 unspecified atom stereocenters. The minimum absolute atomic E-state index is 0.749. The summed E-state index contributed by atoms with van der Waals surface area (Å²) in [5, 5.41) is 34.2. The van der Waals surface area contributed by atoms with E-state index in [9.17, 15) is 9.81 Å². The van der Waals surface area contributed by atoms with Crippen LogP contribution in [0.25, 0.3) is 10.8 Å². The maximum absolute atomic E-state index is 10.6. The first-order chi connectivity index (χ1) is 6.78. The van der Waals surface area contributed by atoms with Crippen molar-refractivity contribution in [1.82, 2.24) is 0 Å². The van der Waals surface area contributed by atoms with Crippen LogP contribution in [-0.2, 0) is 0 Å². The Kier molecular flexibility index (Phi) is 3.62. The summed E-state index contributed by atoms with van der Waals surface area (Å²) in [5.41, 5.74) is -3.25. The molecule has 0 aromatic carbocycles. The fourth-order valence-electron chi connectivity index (χ4n) is 0.955. The van der Waals surface area contributed by atoms with Crippen LogP contribution >= 0.6 is 0 Å². The first-order valence-electron chi connectivity index (χ1n) is 3.66. The van der Waals surface area contributed by atoms with E-state index < -0.39 is 26.7 Å². The van der Waals surface area contributed by atoms with Gasteiger partial charge >= 0.3 is 11.4 Å². The van der Waals surface area contributed by atoms with E-state index in [1.165, 1.54) is 11.7 Å². The second-order valence-electron chi connectivity index (χ2n) is 3.09. The average molecular weight is 212 g/mol. The number of rotatable bonds is 4. The Morgan fingerprint density at radius 1 is 1.07 bits per heavy atom. The molecule has 0 fully saturated rings. The molecule has 0 spiro atoms. The molecule has 0 aromatic heterocycles. The maximum atomic E-state index is 10.6. The first-order valence-corrected chi connectivity index (χ1v) is 3.66. The van der Waals surface area contributed by atoms with E-state index in [0.29, 0.717) is 0 Å². The third kappa shape index (κ3) is 2.34. The number of nitrogens with zero attached hydrogens (tertiary/aromatic N) is 4. The second-order valence-corrected chi connectivity index (χ2v) is 3.09. The lowest BCUT2D eigenvalue weighted by atomic mass is 9.86. The Morgan fingerprint density at radius 2 is 1.33 bits per heavy atom. The minimum Gasteiger partial charge on any atom is -0.758 e. The highest BCUT2D eigenvalue weighted by atomic mass is 16.6. The van der Waals surface area contributed by atoms with Crippen molar-refractivity contribution in [2.45, 2.75) is 13.8 Å². The monoisotopic (exact) mass is 212 g/mol. The third-order valence-corrected chi connectivity index (χ3v) is 1.78. The van der Waals surface area contributed by atoms with Gasteiger partial charge in [0.15, 0.2) is 5.41 Å². The number of hydrogen-bond acceptors (Lipinski definition) is 2. The molecule has 15 heavy (non-hydrogen) atoms. The van der Waals surface area contributed by atoms with Gasteiger partial charge in [0, 0.05) is 0 Å². The SMILES string of the molecule is CC(C)(C(=C=[N-])[N+](=O)O)C(=C=[N-])[N+](=O)O. The van der Waals surface area contributed by atoms with Gasteiger partial charge < -0.3 is 10.8 Å². The zero-order valence-electron chi connectivity index (χ0n) is 8.00. The largest absolute Gasteiger partial charge is 0.758 e. The van der Waals surface area contributed by atoms with Crippen molar-refractivity contribution in [3.63, 3.8) is 0 Å². The van der Waals surface area contributed by atoms with Crippen molar-refractivity contribution in [1.29, 1.82) is 0 Å². The van der Waals surface area contributed by atoms with Gasteiger partial charge in [-0.05, 0) is 13.8 Å². The summed E-state index contributed by atoms with van der Waals surface area (Å²) >= 11 is 0. The van der Waals surface area contributed by atoms with Crippen molar-refractivity contribution in [2.24, 2.45) is 5.41 Å². The highest BCUT2D eigenvalue weighted by molar-refractivity contribution is 5.66. The molecule has 0 amide bonds. The zero-order chi connectivity index (χ0) is 12.2. The summed E-state index contributed by atoms with van der Waals surface area (Å²) in [6, 6.07) is 0. The first kappa shape index (κ1) is 12.7. The Labute approximate surface area is 84.2 Å².